The fourth-order valence-electron chi connectivity index (χ4n) is 2.26. The zero-order chi connectivity index (χ0) is 13.1. The van der Waals surface area contributed by atoms with Crippen molar-refractivity contribution in [2.75, 3.05) is 13.1 Å². The number of likely N-dealkylation sites (tertiary alicyclic amines) is 1. The molecule has 0 radical (unpaired) electrons. The lowest BCUT2D eigenvalue weighted by molar-refractivity contribution is 0.00301. The third-order valence-corrected chi connectivity index (χ3v) is 3.24. The van der Waals surface area contributed by atoms with Crippen LogP contribution in [0.25, 0.3) is 0 Å². The van der Waals surface area contributed by atoms with Gasteiger partial charge in [-0.25, -0.2) is 4.79 Å². The van der Waals surface area contributed by atoms with Gasteiger partial charge in [-0.15, -0.1) is 0 Å². The smallest absolute Gasteiger partial charge is 0.410 e. The molecule has 4 nitrogen and oxygen atoms in total. The van der Waals surface area contributed by atoms with Crippen molar-refractivity contribution in [3.63, 3.8) is 0 Å². The summed E-state index contributed by atoms with van der Waals surface area (Å²) in [5.41, 5.74) is 5.28. The second kappa shape index (κ2) is 5.71. The van der Waals surface area contributed by atoms with Crippen molar-refractivity contribution in [1.82, 2.24) is 4.90 Å². The fourth-order valence-corrected chi connectivity index (χ4v) is 2.26. The summed E-state index contributed by atoms with van der Waals surface area (Å²) in [4.78, 5) is 14.0. The van der Waals surface area contributed by atoms with Crippen LogP contribution in [0.3, 0.4) is 0 Å². The van der Waals surface area contributed by atoms with E-state index in [9.17, 15) is 4.79 Å². The minimum absolute atomic E-state index is 0.192. The van der Waals surface area contributed by atoms with Crippen molar-refractivity contribution in [2.45, 2.75) is 58.6 Å². The van der Waals surface area contributed by atoms with Crippen LogP contribution in [0.1, 0.15) is 47.0 Å². The predicted molar refractivity (Wildman–Crippen MR) is 68.8 cm³/mol. The number of hydrogen-bond acceptors (Lipinski definition) is 3. The molecule has 1 aliphatic rings. The van der Waals surface area contributed by atoms with E-state index < -0.39 is 5.60 Å². The van der Waals surface area contributed by atoms with Crippen LogP contribution in [0.4, 0.5) is 4.79 Å². The van der Waals surface area contributed by atoms with Crippen LogP contribution in [-0.2, 0) is 4.74 Å². The van der Waals surface area contributed by atoms with E-state index in [0.717, 1.165) is 25.8 Å². The summed E-state index contributed by atoms with van der Waals surface area (Å²) in [6.07, 6.45) is 2.95. The topological polar surface area (TPSA) is 55.6 Å². The number of hydrogen-bond donors (Lipinski definition) is 1. The highest BCUT2D eigenvalue weighted by atomic mass is 16.6. The Morgan fingerprint density at radius 2 is 2.06 bits per heavy atom. The maximum Gasteiger partial charge on any atom is 0.410 e. The maximum atomic E-state index is 12.1. The number of nitrogens with two attached hydrogens (primary N) is 1. The molecule has 2 unspecified atom stereocenters. The first kappa shape index (κ1) is 14.3. The Morgan fingerprint density at radius 1 is 1.41 bits per heavy atom. The SMILES string of the molecule is CCC1CCC(CN)CN1C(=O)OC(C)(C)C. The van der Waals surface area contributed by atoms with E-state index >= 15 is 0 Å². The molecule has 2 N–H and O–H groups in total. The summed E-state index contributed by atoms with van der Waals surface area (Å²) >= 11 is 0. The first-order chi connectivity index (χ1) is 7.87. The van der Waals surface area contributed by atoms with Crippen molar-refractivity contribution in [3.05, 3.63) is 0 Å². The lowest BCUT2D eigenvalue weighted by atomic mass is 9.92. The van der Waals surface area contributed by atoms with Gasteiger partial charge in [0.2, 0.25) is 0 Å². The molecule has 1 rings (SSSR count). The number of piperidine rings is 1. The maximum absolute atomic E-state index is 12.1. The average Bonchev–Trinajstić information content (AvgIpc) is 2.25. The molecule has 1 heterocycles. The van der Waals surface area contributed by atoms with E-state index in [1.54, 1.807) is 0 Å². The van der Waals surface area contributed by atoms with Crippen LogP contribution in [0, 0.1) is 5.92 Å². The van der Waals surface area contributed by atoms with Gasteiger partial charge in [-0.2, -0.15) is 0 Å². The highest BCUT2D eigenvalue weighted by molar-refractivity contribution is 5.68. The van der Waals surface area contributed by atoms with Crippen molar-refractivity contribution in [3.8, 4) is 0 Å². The molecule has 0 aliphatic carbocycles. The van der Waals surface area contributed by atoms with E-state index in [-0.39, 0.29) is 6.09 Å². The number of amides is 1. The molecule has 1 amide bonds. The third kappa shape index (κ3) is 4.19. The Bertz CT molecular complexity index is 261. The highest BCUT2D eigenvalue weighted by Crippen LogP contribution is 2.25. The quantitative estimate of drug-likeness (QED) is 0.808. The van der Waals surface area contributed by atoms with Crippen LogP contribution in [0.2, 0.25) is 0 Å². The first-order valence-corrected chi connectivity index (χ1v) is 6.57. The number of carbonyl (C=O) groups excluding carboxylic acids is 1. The largest absolute Gasteiger partial charge is 0.444 e. The molecule has 17 heavy (non-hydrogen) atoms. The molecular weight excluding hydrogens is 216 g/mol. The van der Waals surface area contributed by atoms with Gasteiger partial charge in [0.25, 0.3) is 0 Å². The van der Waals surface area contributed by atoms with Crippen molar-refractivity contribution < 1.29 is 9.53 Å². The van der Waals surface area contributed by atoms with Crippen molar-refractivity contribution in [1.29, 1.82) is 0 Å². The number of carbonyl (C=O) groups is 1. The molecule has 0 bridgehead atoms. The van der Waals surface area contributed by atoms with Crippen LogP contribution in [-0.4, -0.2) is 35.7 Å². The minimum Gasteiger partial charge on any atom is -0.444 e. The molecule has 0 saturated carbocycles. The van der Waals surface area contributed by atoms with Gasteiger partial charge in [0.15, 0.2) is 0 Å². The molecule has 100 valence electrons. The normalized spacial score (nSPS) is 25.8. The van der Waals surface area contributed by atoms with Crippen LogP contribution in [0.5, 0.6) is 0 Å². The van der Waals surface area contributed by atoms with E-state index in [0.29, 0.717) is 18.5 Å². The molecule has 1 saturated heterocycles. The van der Waals surface area contributed by atoms with Gasteiger partial charge in [0, 0.05) is 12.6 Å². The van der Waals surface area contributed by atoms with Gasteiger partial charge in [0.1, 0.15) is 5.60 Å². The zero-order valence-corrected chi connectivity index (χ0v) is 11.5. The van der Waals surface area contributed by atoms with Gasteiger partial charge >= 0.3 is 6.09 Å². The predicted octanol–water partition coefficient (Wildman–Crippen LogP) is 2.37. The first-order valence-electron chi connectivity index (χ1n) is 6.57. The standard InChI is InChI=1S/C13H26N2O2/c1-5-11-7-6-10(8-14)9-15(11)12(16)17-13(2,3)4/h10-11H,5-9,14H2,1-4H3. The fraction of sp³-hybridized carbons (Fsp3) is 0.923. The Balaban J connectivity index is 2.66. The number of rotatable bonds is 2. The van der Waals surface area contributed by atoms with Gasteiger partial charge in [0.05, 0.1) is 0 Å². The molecule has 4 heteroatoms. The summed E-state index contributed by atoms with van der Waals surface area (Å²) in [6.45, 7) is 9.20. The highest BCUT2D eigenvalue weighted by Gasteiger charge is 2.32. The molecule has 0 aromatic carbocycles. The second-order valence-electron chi connectivity index (χ2n) is 5.87. The van der Waals surface area contributed by atoms with E-state index in [4.69, 9.17) is 10.5 Å². The number of nitrogens with zero attached hydrogens (tertiary/aromatic N) is 1. The van der Waals surface area contributed by atoms with E-state index in [2.05, 4.69) is 6.92 Å². The zero-order valence-electron chi connectivity index (χ0n) is 11.5. The summed E-state index contributed by atoms with van der Waals surface area (Å²) in [7, 11) is 0. The molecule has 1 aliphatic heterocycles. The lowest BCUT2D eigenvalue weighted by Crippen LogP contribution is -2.49. The molecule has 0 aromatic heterocycles. The Labute approximate surface area is 104 Å². The number of ether oxygens (including phenoxy) is 1. The van der Waals surface area contributed by atoms with E-state index in [1.165, 1.54) is 0 Å². The van der Waals surface area contributed by atoms with Gasteiger partial charge in [-0.3, -0.25) is 0 Å². The molecule has 1 fully saturated rings. The third-order valence-electron chi connectivity index (χ3n) is 3.24. The van der Waals surface area contributed by atoms with Crippen LogP contribution < -0.4 is 5.73 Å². The lowest BCUT2D eigenvalue weighted by Gasteiger charge is -2.39. The van der Waals surface area contributed by atoms with Crippen LogP contribution >= 0.6 is 0 Å². The monoisotopic (exact) mass is 242 g/mol. The summed E-state index contributed by atoms with van der Waals surface area (Å²) < 4.78 is 5.45. The molecular formula is C13H26N2O2. The average molecular weight is 242 g/mol. The second-order valence-corrected chi connectivity index (χ2v) is 5.87. The van der Waals surface area contributed by atoms with Gasteiger partial charge in [-0.05, 0) is 52.5 Å². The van der Waals surface area contributed by atoms with Gasteiger partial charge < -0.3 is 15.4 Å². The Hall–Kier alpha value is -0.770. The molecule has 2 atom stereocenters. The van der Waals surface area contributed by atoms with Crippen molar-refractivity contribution >= 4 is 6.09 Å². The minimum atomic E-state index is -0.426. The summed E-state index contributed by atoms with van der Waals surface area (Å²) in [5.74, 6) is 0.422. The van der Waals surface area contributed by atoms with E-state index in [1.807, 2.05) is 25.7 Å². The Morgan fingerprint density at radius 3 is 2.53 bits per heavy atom. The van der Waals surface area contributed by atoms with Crippen molar-refractivity contribution in [2.24, 2.45) is 11.7 Å². The van der Waals surface area contributed by atoms with Gasteiger partial charge in [-0.1, -0.05) is 6.92 Å². The molecule has 0 spiro atoms. The van der Waals surface area contributed by atoms with Crippen LogP contribution in [0.15, 0.2) is 0 Å². The Kier molecular flexibility index (Phi) is 4.80. The summed E-state index contributed by atoms with van der Waals surface area (Å²) in [6, 6.07) is 0.313. The summed E-state index contributed by atoms with van der Waals surface area (Å²) in [5, 5.41) is 0. The molecule has 0 aromatic rings.